The molecule has 2 aromatic heterocycles. The number of aromatic nitrogens is 2. The first-order valence-corrected chi connectivity index (χ1v) is 7.85. The van der Waals surface area contributed by atoms with Crippen molar-refractivity contribution >= 4 is 52.0 Å². The third-order valence-electron chi connectivity index (χ3n) is 2.52. The van der Waals surface area contributed by atoms with Crippen molar-refractivity contribution in [3.05, 3.63) is 16.1 Å². The van der Waals surface area contributed by atoms with Gasteiger partial charge in [0.1, 0.15) is 0 Å². The minimum absolute atomic E-state index is 0. The number of hydrogen-bond acceptors (Lipinski definition) is 7. The highest BCUT2D eigenvalue weighted by Crippen LogP contribution is 2.31. The maximum absolute atomic E-state index is 11.6. The Morgan fingerprint density at radius 3 is 2.59 bits per heavy atom. The van der Waals surface area contributed by atoms with Gasteiger partial charge in [-0.15, -0.1) is 35.1 Å². The van der Waals surface area contributed by atoms with E-state index in [1.54, 1.807) is 11.3 Å². The van der Waals surface area contributed by atoms with Crippen LogP contribution in [0.15, 0.2) is 5.38 Å². The fourth-order valence-electron chi connectivity index (χ4n) is 1.62. The van der Waals surface area contributed by atoms with Crippen molar-refractivity contribution in [1.29, 1.82) is 0 Å². The van der Waals surface area contributed by atoms with E-state index in [1.807, 2.05) is 19.2 Å². The van der Waals surface area contributed by atoms with E-state index in [2.05, 4.69) is 20.6 Å². The number of anilines is 1. The van der Waals surface area contributed by atoms with Crippen molar-refractivity contribution < 1.29 is 9.59 Å². The van der Waals surface area contributed by atoms with E-state index >= 15 is 0 Å². The van der Waals surface area contributed by atoms with Gasteiger partial charge in [0.05, 0.1) is 34.4 Å². The molecule has 0 bridgehead atoms. The van der Waals surface area contributed by atoms with Crippen LogP contribution in [0.4, 0.5) is 5.13 Å². The molecule has 7 nitrogen and oxygen atoms in total. The van der Waals surface area contributed by atoms with Crippen LogP contribution in [0, 0.1) is 13.8 Å². The molecule has 0 fully saturated rings. The Hall–Kier alpha value is -1.55. The van der Waals surface area contributed by atoms with Gasteiger partial charge in [0.15, 0.2) is 5.13 Å². The number of rotatable bonds is 5. The maximum Gasteiger partial charge on any atom is 0.245 e. The average Bonchev–Trinajstić information content (AvgIpc) is 3.02. The molecule has 2 amide bonds. The lowest BCUT2D eigenvalue weighted by atomic mass is 10.3. The van der Waals surface area contributed by atoms with Gasteiger partial charge >= 0.3 is 0 Å². The van der Waals surface area contributed by atoms with Crippen LogP contribution in [0.2, 0.25) is 0 Å². The Kier molecular flexibility index (Phi) is 6.88. The predicted octanol–water partition coefficient (Wildman–Crippen LogP) is 1.32. The zero-order valence-corrected chi connectivity index (χ0v) is 14.5. The summed E-state index contributed by atoms with van der Waals surface area (Å²) in [4.78, 5) is 32.3. The minimum Gasteiger partial charge on any atom is -0.346 e. The van der Waals surface area contributed by atoms with Crippen molar-refractivity contribution in [3.63, 3.8) is 0 Å². The van der Waals surface area contributed by atoms with Crippen molar-refractivity contribution in [2.75, 3.05) is 18.4 Å². The minimum atomic E-state index is -0.374. The van der Waals surface area contributed by atoms with Crippen molar-refractivity contribution in [2.45, 2.75) is 13.8 Å². The van der Waals surface area contributed by atoms with E-state index < -0.39 is 0 Å². The Morgan fingerprint density at radius 1 is 1.27 bits per heavy atom. The molecule has 10 heteroatoms. The number of amides is 2. The van der Waals surface area contributed by atoms with Gasteiger partial charge in [-0.25, -0.2) is 9.97 Å². The van der Waals surface area contributed by atoms with Gasteiger partial charge in [0, 0.05) is 5.38 Å². The molecule has 2 aromatic rings. The summed E-state index contributed by atoms with van der Waals surface area (Å²) in [6.45, 7) is 3.61. The van der Waals surface area contributed by atoms with Crippen LogP contribution in [0.25, 0.3) is 10.6 Å². The molecule has 0 saturated heterocycles. The van der Waals surface area contributed by atoms with Crippen LogP contribution < -0.4 is 16.4 Å². The van der Waals surface area contributed by atoms with Gasteiger partial charge in [0.25, 0.3) is 0 Å². The first kappa shape index (κ1) is 18.5. The Morgan fingerprint density at radius 2 is 2.00 bits per heavy atom. The van der Waals surface area contributed by atoms with Crippen LogP contribution in [0.1, 0.15) is 10.7 Å². The number of hydrogen-bond donors (Lipinski definition) is 3. The molecule has 0 aliphatic carbocycles. The van der Waals surface area contributed by atoms with Gasteiger partial charge in [-0.1, -0.05) is 0 Å². The molecule has 2 heterocycles. The Labute approximate surface area is 141 Å². The summed E-state index contributed by atoms with van der Waals surface area (Å²) in [7, 11) is 0. The molecule has 0 unspecified atom stereocenters. The number of nitrogens with zero attached hydrogens (tertiary/aromatic N) is 2. The highest BCUT2D eigenvalue weighted by atomic mass is 35.5. The normalized spacial score (nSPS) is 9.95. The van der Waals surface area contributed by atoms with Gasteiger partial charge in [-0.05, 0) is 13.8 Å². The van der Waals surface area contributed by atoms with Gasteiger partial charge in [-0.3, -0.25) is 9.59 Å². The molecule has 0 aliphatic rings. The molecule has 22 heavy (non-hydrogen) atoms. The summed E-state index contributed by atoms with van der Waals surface area (Å²) in [5.74, 6) is -0.712. The largest absolute Gasteiger partial charge is 0.346 e. The fourth-order valence-corrected chi connectivity index (χ4v) is 3.29. The summed E-state index contributed by atoms with van der Waals surface area (Å²) < 4.78 is 0. The van der Waals surface area contributed by atoms with Crippen LogP contribution in [0.5, 0.6) is 0 Å². The van der Waals surface area contributed by atoms with Gasteiger partial charge in [-0.2, -0.15) is 0 Å². The summed E-state index contributed by atoms with van der Waals surface area (Å²) in [5, 5.41) is 8.37. The monoisotopic (exact) mass is 361 g/mol. The van der Waals surface area contributed by atoms with Crippen molar-refractivity contribution in [2.24, 2.45) is 5.73 Å². The summed E-state index contributed by atoms with van der Waals surface area (Å²) >= 11 is 2.90. The summed E-state index contributed by atoms with van der Waals surface area (Å²) in [5.41, 5.74) is 6.86. The molecular weight excluding hydrogens is 346 g/mol. The van der Waals surface area contributed by atoms with E-state index in [1.165, 1.54) is 11.3 Å². The fraction of sp³-hybridized carbons (Fsp3) is 0.333. The number of nitrogens with two attached hydrogens (primary N) is 1. The van der Waals surface area contributed by atoms with Crippen LogP contribution >= 0.6 is 35.1 Å². The molecule has 0 atom stereocenters. The molecule has 0 radical (unpaired) electrons. The Bertz CT molecular complexity index is 670. The third-order valence-corrected chi connectivity index (χ3v) is 4.37. The van der Waals surface area contributed by atoms with Crippen LogP contribution in [0.3, 0.4) is 0 Å². The van der Waals surface area contributed by atoms with Crippen molar-refractivity contribution in [3.8, 4) is 10.6 Å². The summed E-state index contributed by atoms with van der Waals surface area (Å²) in [6.07, 6.45) is 0. The molecule has 120 valence electrons. The topological polar surface area (TPSA) is 110 Å². The SMILES string of the molecule is Cc1nc(C)c(-c2csc(NC(=O)CNC(=O)CN)n2)s1.Cl. The second-order valence-corrected chi connectivity index (χ2v) is 6.28. The molecule has 0 aliphatic heterocycles. The summed E-state index contributed by atoms with van der Waals surface area (Å²) in [6, 6.07) is 0. The molecule has 2 rings (SSSR count). The first-order chi connectivity index (χ1) is 9.99. The van der Waals surface area contributed by atoms with Crippen LogP contribution in [-0.2, 0) is 9.59 Å². The number of carbonyl (C=O) groups is 2. The zero-order valence-electron chi connectivity index (χ0n) is 12.0. The van der Waals surface area contributed by atoms with E-state index in [9.17, 15) is 9.59 Å². The lowest BCUT2D eigenvalue weighted by Crippen LogP contribution is -2.36. The lowest BCUT2D eigenvalue weighted by Gasteiger charge is -2.02. The van der Waals surface area contributed by atoms with E-state index in [4.69, 9.17) is 5.73 Å². The van der Waals surface area contributed by atoms with Crippen LogP contribution in [-0.4, -0.2) is 34.9 Å². The molecule has 0 spiro atoms. The van der Waals surface area contributed by atoms with E-state index in [0.29, 0.717) is 5.13 Å². The predicted molar refractivity (Wildman–Crippen MR) is 90.6 cm³/mol. The first-order valence-electron chi connectivity index (χ1n) is 6.16. The van der Waals surface area contributed by atoms with E-state index in [0.717, 1.165) is 21.3 Å². The lowest BCUT2D eigenvalue weighted by molar-refractivity contribution is -0.123. The highest BCUT2D eigenvalue weighted by Gasteiger charge is 2.13. The average molecular weight is 362 g/mol. The molecule has 0 aromatic carbocycles. The zero-order chi connectivity index (χ0) is 15.4. The molecule has 4 N–H and O–H groups in total. The maximum atomic E-state index is 11.6. The Balaban J connectivity index is 0.00000242. The standard InChI is InChI=1S/C12H15N5O2S2.ClH/c1-6-11(21-7(2)15-6)8-5-20-12(16-8)17-10(19)4-14-9(18)3-13;/h5H,3-4,13H2,1-2H3,(H,14,18)(H,16,17,19);1H. The second kappa shape index (κ2) is 8.18. The number of aryl methyl sites for hydroxylation is 2. The number of thiazole rings is 2. The second-order valence-electron chi connectivity index (χ2n) is 4.21. The van der Waals surface area contributed by atoms with Crippen molar-refractivity contribution in [1.82, 2.24) is 15.3 Å². The number of carbonyl (C=O) groups excluding carboxylic acids is 2. The van der Waals surface area contributed by atoms with Gasteiger partial charge in [0.2, 0.25) is 11.8 Å². The quantitative estimate of drug-likeness (QED) is 0.743. The number of nitrogens with one attached hydrogen (secondary N) is 2. The third kappa shape index (κ3) is 4.73. The smallest absolute Gasteiger partial charge is 0.245 e. The number of halogens is 1. The molecule has 0 saturated carbocycles. The highest BCUT2D eigenvalue weighted by molar-refractivity contribution is 7.16. The van der Waals surface area contributed by atoms with Gasteiger partial charge < -0.3 is 16.4 Å². The van der Waals surface area contributed by atoms with E-state index in [-0.39, 0.29) is 37.3 Å². The molecular formula is C12H16ClN5O2S2.